The van der Waals surface area contributed by atoms with E-state index in [1.54, 1.807) is 13.2 Å². The van der Waals surface area contributed by atoms with Crippen LogP contribution in [0, 0.1) is 5.82 Å². The van der Waals surface area contributed by atoms with Crippen LogP contribution in [0.5, 0.6) is 0 Å². The normalized spacial score (nSPS) is 17.6. The van der Waals surface area contributed by atoms with Crippen molar-refractivity contribution in [2.45, 2.75) is 25.4 Å². The summed E-state index contributed by atoms with van der Waals surface area (Å²) in [6, 6.07) is 5.55. The molecule has 0 amide bonds. The molecule has 0 unspecified atom stereocenters. The zero-order valence-corrected chi connectivity index (χ0v) is 9.63. The van der Waals surface area contributed by atoms with Crippen LogP contribution in [0.15, 0.2) is 18.2 Å². The van der Waals surface area contributed by atoms with Gasteiger partial charge in [0.15, 0.2) is 0 Å². The Balaban J connectivity index is 2.13. The van der Waals surface area contributed by atoms with Gasteiger partial charge in [-0.15, -0.1) is 0 Å². The number of piperidine rings is 1. The molecule has 0 radical (unpaired) electrons. The van der Waals surface area contributed by atoms with Gasteiger partial charge in [0.1, 0.15) is 5.82 Å². The highest BCUT2D eigenvalue weighted by molar-refractivity contribution is 5.27. The van der Waals surface area contributed by atoms with Crippen molar-refractivity contribution in [3.63, 3.8) is 0 Å². The average Bonchev–Trinajstić information content (AvgIpc) is 2.33. The van der Waals surface area contributed by atoms with Crippen molar-refractivity contribution in [2.24, 2.45) is 0 Å². The summed E-state index contributed by atoms with van der Waals surface area (Å²) in [7, 11) is 1.58. The Hall–Kier alpha value is -0.930. The smallest absolute Gasteiger partial charge is 0.129 e. The molecule has 2 nitrogen and oxygen atoms in total. The molecule has 88 valence electrons. The number of nitrogens with one attached hydrogen (secondary N) is 1. The second-order valence-electron chi connectivity index (χ2n) is 4.31. The van der Waals surface area contributed by atoms with E-state index in [2.05, 4.69) is 5.32 Å². The Morgan fingerprint density at radius 3 is 2.75 bits per heavy atom. The van der Waals surface area contributed by atoms with Gasteiger partial charge in [-0.1, -0.05) is 12.1 Å². The third-order valence-corrected chi connectivity index (χ3v) is 3.19. The lowest BCUT2D eigenvalue weighted by Gasteiger charge is -2.23. The fourth-order valence-corrected chi connectivity index (χ4v) is 2.25. The van der Waals surface area contributed by atoms with Crippen molar-refractivity contribution in [3.05, 3.63) is 35.1 Å². The molecule has 1 aromatic carbocycles. The molecule has 1 fully saturated rings. The summed E-state index contributed by atoms with van der Waals surface area (Å²) < 4.78 is 18.6. The largest absolute Gasteiger partial charge is 0.380 e. The molecule has 1 N–H and O–H groups in total. The second-order valence-corrected chi connectivity index (χ2v) is 4.31. The van der Waals surface area contributed by atoms with Crippen molar-refractivity contribution in [1.29, 1.82) is 0 Å². The number of hydrogen-bond donors (Lipinski definition) is 1. The maximum absolute atomic E-state index is 13.7. The third kappa shape index (κ3) is 2.60. The third-order valence-electron chi connectivity index (χ3n) is 3.19. The molecule has 3 heteroatoms. The van der Waals surface area contributed by atoms with Crippen molar-refractivity contribution in [3.8, 4) is 0 Å². The van der Waals surface area contributed by atoms with Crippen LogP contribution < -0.4 is 5.32 Å². The van der Waals surface area contributed by atoms with E-state index in [1.807, 2.05) is 12.1 Å². The standard InChI is InChI=1S/C13H18FNO/c1-16-9-12-3-2-11(8-13(12)14)10-4-6-15-7-5-10/h2-3,8,10,15H,4-7,9H2,1H3. The van der Waals surface area contributed by atoms with E-state index < -0.39 is 0 Å². The van der Waals surface area contributed by atoms with Crippen molar-refractivity contribution >= 4 is 0 Å². The molecule has 2 rings (SSSR count). The van der Waals surface area contributed by atoms with Crippen molar-refractivity contribution in [1.82, 2.24) is 5.32 Å². The van der Waals surface area contributed by atoms with Gasteiger partial charge in [0.2, 0.25) is 0 Å². The van der Waals surface area contributed by atoms with Crippen molar-refractivity contribution in [2.75, 3.05) is 20.2 Å². The molecule has 0 aliphatic carbocycles. The van der Waals surface area contributed by atoms with Crippen LogP contribution in [-0.4, -0.2) is 20.2 Å². The van der Waals surface area contributed by atoms with Crippen LogP contribution in [0.3, 0.4) is 0 Å². The lowest BCUT2D eigenvalue weighted by molar-refractivity contribution is 0.181. The lowest BCUT2D eigenvalue weighted by Crippen LogP contribution is -2.26. The van der Waals surface area contributed by atoms with E-state index in [4.69, 9.17) is 4.74 Å². The Morgan fingerprint density at radius 2 is 2.12 bits per heavy atom. The van der Waals surface area contributed by atoms with Gasteiger partial charge in [-0.3, -0.25) is 0 Å². The SMILES string of the molecule is COCc1ccc(C2CCNCC2)cc1F. The zero-order valence-electron chi connectivity index (χ0n) is 9.63. The van der Waals surface area contributed by atoms with Crippen molar-refractivity contribution < 1.29 is 9.13 Å². The molecule has 16 heavy (non-hydrogen) atoms. The maximum atomic E-state index is 13.7. The van der Waals surface area contributed by atoms with Crippen LogP contribution in [0.2, 0.25) is 0 Å². The van der Waals surface area contributed by atoms with Gasteiger partial charge in [0.05, 0.1) is 6.61 Å². The molecular formula is C13H18FNO. The van der Waals surface area contributed by atoms with Crippen LogP contribution in [0.25, 0.3) is 0 Å². The first-order chi connectivity index (χ1) is 7.81. The minimum Gasteiger partial charge on any atom is -0.380 e. The van der Waals surface area contributed by atoms with E-state index in [0.717, 1.165) is 31.5 Å². The van der Waals surface area contributed by atoms with Crippen LogP contribution in [0.1, 0.15) is 29.9 Å². The minimum absolute atomic E-state index is 0.141. The molecule has 1 aliphatic heterocycles. The molecular weight excluding hydrogens is 205 g/mol. The number of methoxy groups -OCH3 is 1. The molecule has 1 aliphatic rings. The Labute approximate surface area is 95.8 Å². The highest BCUT2D eigenvalue weighted by atomic mass is 19.1. The second kappa shape index (κ2) is 5.41. The van der Waals surface area contributed by atoms with Crippen LogP contribution >= 0.6 is 0 Å². The molecule has 1 heterocycles. The van der Waals surface area contributed by atoms with Crippen LogP contribution in [0.4, 0.5) is 4.39 Å². The summed E-state index contributed by atoms with van der Waals surface area (Å²) >= 11 is 0. The molecule has 0 spiro atoms. The predicted molar refractivity (Wildman–Crippen MR) is 62.0 cm³/mol. The molecule has 0 atom stereocenters. The minimum atomic E-state index is -0.141. The van der Waals surface area contributed by atoms with Gasteiger partial charge in [-0.2, -0.15) is 0 Å². The topological polar surface area (TPSA) is 21.3 Å². The monoisotopic (exact) mass is 223 g/mol. The van der Waals surface area contributed by atoms with Gasteiger partial charge in [-0.25, -0.2) is 4.39 Å². The fourth-order valence-electron chi connectivity index (χ4n) is 2.25. The molecule has 1 saturated heterocycles. The lowest BCUT2D eigenvalue weighted by atomic mass is 9.90. The summed E-state index contributed by atoms with van der Waals surface area (Å²) in [5.74, 6) is 0.366. The number of hydrogen-bond acceptors (Lipinski definition) is 2. The molecule has 0 saturated carbocycles. The quantitative estimate of drug-likeness (QED) is 0.849. The molecule has 0 aromatic heterocycles. The maximum Gasteiger partial charge on any atom is 0.129 e. The van der Waals surface area contributed by atoms with Gasteiger partial charge < -0.3 is 10.1 Å². The predicted octanol–water partition coefficient (Wildman–Crippen LogP) is 2.44. The Kier molecular flexibility index (Phi) is 3.91. The molecule has 0 bridgehead atoms. The Morgan fingerprint density at radius 1 is 1.38 bits per heavy atom. The van der Waals surface area contributed by atoms with E-state index in [0.29, 0.717) is 18.1 Å². The van der Waals surface area contributed by atoms with Gasteiger partial charge >= 0.3 is 0 Å². The first-order valence-corrected chi connectivity index (χ1v) is 5.79. The summed E-state index contributed by atoms with van der Waals surface area (Å²) in [6.07, 6.45) is 2.20. The zero-order chi connectivity index (χ0) is 11.4. The average molecular weight is 223 g/mol. The first kappa shape index (κ1) is 11.6. The van der Waals surface area contributed by atoms with E-state index in [9.17, 15) is 4.39 Å². The van der Waals surface area contributed by atoms with Gasteiger partial charge in [0.25, 0.3) is 0 Å². The Bertz CT molecular complexity index is 348. The molecule has 1 aromatic rings. The van der Waals surface area contributed by atoms with Crippen LogP contribution in [-0.2, 0) is 11.3 Å². The summed E-state index contributed by atoms with van der Waals surface area (Å²) in [6.45, 7) is 2.41. The first-order valence-electron chi connectivity index (χ1n) is 5.79. The summed E-state index contributed by atoms with van der Waals surface area (Å²) in [4.78, 5) is 0. The van der Waals surface area contributed by atoms with Gasteiger partial charge in [0, 0.05) is 12.7 Å². The number of rotatable bonds is 3. The van der Waals surface area contributed by atoms with E-state index in [1.165, 1.54) is 0 Å². The summed E-state index contributed by atoms with van der Waals surface area (Å²) in [5, 5.41) is 3.32. The fraction of sp³-hybridized carbons (Fsp3) is 0.538. The van der Waals surface area contributed by atoms with Gasteiger partial charge in [-0.05, 0) is 43.5 Å². The highest BCUT2D eigenvalue weighted by Gasteiger charge is 2.16. The number of halogens is 1. The number of ether oxygens (including phenoxy) is 1. The summed E-state index contributed by atoms with van der Waals surface area (Å²) in [5.41, 5.74) is 1.76. The number of benzene rings is 1. The highest BCUT2D eigenvalue weighted by Crippen LogP contribution is 2.26. The van der Waals surface area contributed by atoms with E-state index in [-0.39, 0.29) is 5.82 Å². The van der Waals surface area contributed by atoms with E-state index >= 15 is 0 Å².